The van der Waals surface area contributed by atoms with Gasteiger partial charge >= 0.3 is 5.69 Å². The Hall–Kier alpha value is -1.13. The van der Waals surface area contributed by atoms with Gasteiger partial charge in [-0.1, -0.05) is 0 Å². The average Bonchev–Trinajstić information content (AvgIpc) is 2.32. The Morgan fingerprint density at radius 2 is 3.12 bits per heavy atom. The number of aryl methyl sites for hydroxylation is 1. The molecule has 0 aliphatic heterocycles. The Kier molecular flexibility index (Phi) is 0.372. The molecule has 1 rings (SSSR count). The van der Waals surface area contributed by atoms with Crippen LogP contribution in [0.15, 0.2) is 4.79 Å². The zero-order valence-corrected chi connectivity index (χ0v) is 3.75. The third-order valence-corrected chi connectivity index (χ3v) is 0.578. The maximum Gasteiger partial charge on any atom is 0.361 e. The lowest BCUT2D eigenvalue weighted by Crippen LogP contribution is -2.16. The molecule has 0 fully saturated rings. The van der Waals surface area contributed by atoms with Crippen LogP contribution in [0.1, 0.15) is 13.7 Å². The number of hydrogen-bond acceptors (Lipinski definition) is 3. The van der Waals surface area contributed by atoms with Gasteiger partial charge in [-0.3, -0.25) is 0 Å². The van der Waals surface area contributed by atoms with E-state index in [1.165, 1.54) is 0 Å². The van der Waals surface area contributed by atoms with Crippen LogP contribution in [0.3, 0.4) is 0 Å². The lowest BCUT2D eigenvalue weighted by Gasteiger charge is -1.82. The Bertz CT molecular complexity index is 349. The zero-order chi connectivity index (χ0) is 10.3. The SMILES string of the molecule is [2H]C([2H])([2H])C([2H])([2H])n1nn[nH]c1=O. The predicted molar refractivity (Wildman–Crippen MR) is 26.3 cm³/mol. The fourth-order valence-corrected chi connectivity index (χ4v) is 0.271. The van der Waals surface area contributed by atoms with Crippen LogP contribution >= 0.6 is 0 Å². The highest BCUT2D eigenvalue weighted by Crippen LogP contribution is 1.62. The van der Waals surface area contributed by atoms with Crippen molar-refractivity contribution < 1.29 is 6.85 Å². The maximum absolute atomic E-state index is 10.8. The molecule has 1 heterocycles. The first-order chi connectivity index (χ1) is 5.77. The van der Waals surface area contributed by atoms with Crippen LogP contribution in [0, 0.1) is 0 Å². The largest absolute Gasteiger partial charge is 0.361 e. The van der Waals surface area contributed by atoms with E-state index < -0.39 is 19.0 Å². The molecule has 1 aromatic rings. The third kappa shape index (κ3) is 0.617. The second-order valence-corrected chi connectivity index (χ2v) is 1.03. The summed E-state index contributed by atoms with van der Waals surface area (Å²) in [6.45, 7) is -5.81. The van der Waals surface area contributed by atoms with Crippen LogP contribution in [0.2, 0.25) is 0 Å². The Morgan fingerprint density at radius 3 is 3.62 bits per heavy atom. The highest BCUT2D eigenvalue weighted by Gasteiger charge is 1.90. The van der Waals surface area contributed by atoms with Crippen molar-refractivity contribution in [3.05, 3.63) is 10.5 Å². The third-order valence-electron chi connectivity index (χ3n) is 0.578. The number of hydrogen-bond donors (Lipinski definition) is 1. The van der Waals surface area contributed by atoms with Crippen LogP contribution in [-0.2, 0) is 6.50 Å². The number of H-pyrrole nitrogens is 1. The molecule has 0 bridgehead atoms. The van der Waals surface area contributed by atoms with Gasteiger partial charge in [-0.05, 0) is 17.3 Å². The van der Waals surface area contributed by atoms with Crippen molar-refractivity contribution in [1.29, 1.82) is 0 Å². The quantitative estimate of drug-likeness (QED) is 0.515. The summed E-state index contributed by atoms with van der Waals surface area (Å²) in [5, 5.41) is 7.81. The van der Waals surface area contributed by atoms with Gasteiger partial charge in [0.2, 0.25) is 0 Å². The van der Waals surface area contributed by atoms with E-state index >= 15 is 0 Å². The molecule has 1 aromatic heterocycles. The second kappa shape index (κ2) is 1.77. The summed E-state index contributed by atoms with van der Waals surface area (Å²) in [6, 6.07) is 0. The van der Waals surface area contributed by atoms with E-state index in [2.05, 4.69) is 10.4 Å². The van der Waals surface area contributed by atoms with Crippen LogP contribution in [-0.4, -0.2) is 20.2 Å². The molecule has 44 valence electrons. The van der Waals surface area contributed by atoms with Crippen molar-refractivity contribution in [3.63, 3.8) is 0 Å². The number of rotatable bonds is 1. The molecule has 0 aliphatic rings. The van der Waals surface area contributed by atoms with Gasteiger partial charge in [0.25, 0.3) is 0 Å². The van der Waals surface area contributed by atoms with E-state index in [1.807, 2.05) is 0 Å². The number of aromatic amines is 1. The molecule has 0 aliphatic carbocycles. The summed E-state index contributed by atoms with van der Waals surface area (Å²) in [7, 11) is 0. The molecular formula is C3H6N4O. The second-order valence-electron chi connectivity index (χ2n) is 1.03. The molecule has 0 atom stereocenters. The average molecular weight is 119 g/mol. The summed E-state index contributed by atoms with van der Waals surface area (Å²) >= 11 is 0. The summed E-state index contributed by atoms with van der Waals surface area (Å²) in [5.41, 5.74) is -0.999. The fourth-order valence-electron chi connectivity index (χ4n) is 0.271. The van der Waals surface area contributed by atoms with Crippen LogP contribution < -0.4 is 5.69 Å². The zero-order valence-electron chi connectivity index (χ0n) is 8.75. The van der Waals surface area contributed by atoms with Crippen molar-refractivity contribution in [2.24, 2.45) is 0 Å². The Balaban J connectivity index is 3.23. The van der Waals surface area contributed by atoms with E-state index in [-0.39, 0.29) is 4.68 Å². The summed E-state index contributed by atoms with van der Waals surface area (Å²) in [4.78, 5) is 10.8. The van der Waals surface area contributed by atoms with Crippen LogP contribution in [0.4, 0.5) is 0 Å². The Morgan fingerprint density at radius 1 is 2.25 bits per heavy atom. The first-order valence-electron chi connectivity index (χ1n) is 4.27. The maximum atomic E-state index is 10.8. The highest BCUT2D eigenvalue weighted by molar-refractivity contribution is 4.47. The van der Waals surface area contributed by atoms with Crippen LogP contribution in [0.5, 0.6) is 0 Å². The molecule has 0 spiro atoms. The predicted octanol–water partition coefficient (Wildman–Crippen LogP) is -1.01. The minimum atomic E-state index is -2.96. The molecule has 0 amide bonds. The molecule has 5 heteroatoms. The van der Waals surface area contributed by atoms with Gasteiger partial charge < -0.3 is 0 Å². The minimum absolute atomic E-state index is 0.153. The molecule has 0 aromatic carbocycles. The molecule has 0 radical (unpaired) electrons. The first kappa shape index (κ1) is 1.68. The van der Waals surface area contributed by atoms with Crippen molar-refractivity contribution in [2.75, 3.05) is 0 Å². The molecule has 0 saturated carbocycles. The monoisotopic (exact) mass is 119 g/mol. The van der Waals surface area contributed by atoms with E-state index in [1.54, 1.807) is 5.10 Å². The molecule has 8 heavy (non-hydrogen) atoms. The molecule has 5 nitrogen and oxygen atoms in total. The smallest absolute Gasteiger partial charge is 0.245 e. The first-order valence-corrected chi connectivity index (χ1v) is 1.77. The van der Waals surface area contributed by atoms with Crippen LogP contribution in [0.25, 0.3) is 0 Å². The molecular weight excluding hydrogens is 108 g/mol. The van der Waals surface area contributed by atoms with Gasteiger partial charge in [-0.2, -0.15) is 4.68 Å². The molecule has 0 unspecified atom stereocenters. The van der Waals surface area contributed by atoms with Crippen molar-refractivity contribution in [2.45, 2.75) is 13.3 Å². The van der Waals surface area contributed by atoms with Gasteiger partial charge in [0.1, 0.15) is 0 Å². The van der Waals surface area contributed by atoms with Gasteiger partial charge in [0.15, 0.2) is 0 Å². The topological polar surface area (TPSA) is 63.6 Å². The summed E-state index contributed by atoms with van der Waals surface area (Å²) < 4.78 is 34.9. The van der Waals surface area contributed by atoms with Crippen molar-refractivity contribution >= 4 is 0 Å². The van der Waals surface area contributed by atoms with Gasteiger partial charge in [0, 0.05) is 10.6 Å². The van der Waals surface area contributed by atoms with Gasteiger partial charge in [-0.15, -0.1) is 0 Å². The summed E-state index contributed by atoms with van der Waals surface area (Å²) in [5.74, 6) is 0. The van der Waals surface area contributed by atoms with Crippen molar-refractivity contribution in [3.8, 4) is 0 Å². The van der Waals surface area contributed by atoms with E-state index in [0.717, 1.165) is 0 Å². The van der Waals surface area contributed by atoms with Gasteiger partial charge in [-0.25, -0.2) is 9.89 Å². The molecule has 1 N–H and O–H groups in total. The minimum Gasteiger partial charge on any atom is -0.245 e. The Labute approximate surface area is 52.3 Å². The van der Waals surface area contributed by atoms with E-state index in [4.69, 9.17) is 6.85 Å². The lowest BCUT2D eigenvalue weighted by atomic mass is 10.8. The molecule has 0 saturated heterocycles. The standard InChI is InChI=1S/C3H6N4O/c1-2-7-3(8)4-5-6-7/h2H2,1H3,(H,4,6,8)/i1D3,2D2. The fraction of sp³-hybridized carbons (Fsp3) is 0.667. The summed E-state index contributed by atoms with van der Waals surface area (Å²) in [6.07, 6.45) is 0. The lowest BCUT2D eigenvalue weighted by molar-refractivity contribution is 0.609. The van der Waals surface area contributed by atoms with Gasteiger partial charge in [0.05, 0.1) is 2.74 Å². The number of aromatic nitrogens is 4. The number of nitrogens with zero attached hydrogens (tertiary/aromatic N) is 3. The van der Waals surface area contributed by atoms with E-state index in [0.29, 0.717) is 0 Å². The number of tetrazole rings is 1. The van der Waals surface area contributed by atoms with Crippen molar-refractivity contribution in [1.82, 2.24) is 20.2 Å². The normalized spacial score (nSPS) is 22.2. The highest BCUT2D eigenvalue weighted by atomic mass is 16.2. The number of nitrogens with one attached hydrogen (secondary N) is 1. The van der Waals surface area contributed by atoms with E-state index in [9.17, 15) is 4.79 Å².